The van der Waals surface area contributed by atoms with Gasteiger partial charge in [-0.15, -0.1) is 0 Å². The minimum absolute atomic E-state index is 0.265. The number of ether oxygens (including phenoxy) is 1. The third-order valence-corrected chi connectivity index (χ3v) is 3.97. The molecule has 8 nitrogen and oxygen atoms in total. The van der Waals surface area contributed by atoms with E-state index in [9.17, 15) is 9.59 Å². The molecule has 4 rings (SSSR count). The molecule has 0 radical (unpaired) electrons. The summed E-state index contributed by atoms with van der Waals surface area (Å²) >= 11 is 0. The highest BCUT2D eigenvalue weighted by Gasteiger charge is 2.21. The van der Waals surface area contributed by atoms with E-state index < -0.39 is 5.97 Å². The molecule has 0 bridgehead atoms. The fourth-order valence-electron chi connectivity index (χ4n) is 2.79. The number of hydrogen-bond donors (Lipinski definition) is 0. The van der Waals surface area contributed by atoms with Crippen LogP contribution in [-0.2, 0) is 4.74 Å². The van der Waals surface area contributed by atoms with Gasteiger partial charge < -0.3 is 4.74 Å². The Morgan fingerprint density at radius 2 is 2.04 bits per heavy atom. The van der Waals surface area contributed by atoms with Crippen molar-refractivity contribution in [1.82, 2.24) is 24.1 Å². The molecule has 0 N–H and O–H groups in total. The molecule has 0 aromatic carbocycles. The van der Waals surface area contributed by atoms with Crippen molar-refractivity contribution in [2.45, 2.75) is 6.92 Å². The average Bonchev–Trinajstić information content (AvgIpc) is 2.98. The van der Waals surface area contributed by atoms with E-state index in [1.807, 2.05) is 0 Å². The summed E-state index contributed by atoms with van der Waals surface area (Å²) in [6.45, 7) is 1.70. The Labute approximate surface area is 141 Å². The van der Waals surface area contributed by atoms with Crippen LogP contribution in [0, 0.1) is 6.92 Å². The molecule has 0 spiro atoms. The number of methoxy groups -OCH3 is 1. The van der Waals surface area contributed by atoms with E-state index in [1.165, 1.54) is 22.4 Å². The highest BCUT2D eigenvalue weighted by atomic mass is 16.5. The number of fused-ring (bicyclic) bond motifs is 3. The second-order valence-electron chi connectivity index (χ2n) is 5.42. The first kappa shape index (κ1) is 15.0. The van der Waals surface area contributed by atoms with Crippen molar-refractivity contribution in [1.29, 1.82) is 0 Å². The minimum Gasteiger partial charge on any atom is -0.465 e. The number of hydrogen-bond acceptors (Lipinski definition) is 6. The largest absolute Gasteiger partial charge is 0.465 e. The topological polar surface area (TPSA) is 91.4 Å². The number of carbonyl (C=O) groups excluding carboxylic acids is 1. The van der Waals surface area contributed by atoms with Gasteiger partial charge in [-0.3, -0.25) is 9.36 Å². The minimum atomic E-state index is -0.513. The maximum atomic E-state index is 12.8. The Hall–Kier alpha value is -3.55. The zero-order valence-corrected chi connectivity index (χ0v) is 13.5. The van der Waals surface area contributed by atoms with Gasteiger partial charge in [-0.2, -0.15) is 5.10 Å². The Bertz CT molecular complexity index is 1180. The number of aryl methyl sites for hydroxylation is 1. The van der Waals surface area contributed by atoms with E-state index in [0.29, 0.717) is 33.6 Å². The lowest BCUT2D eigenvalue weighted by molar-refractivity contribution is 0.0602. The summed E-state index contributed by atoms with van der Waals surface area (Å²) in [4.78, 5) is 33.2. The van der Waals surface area contributed by atoms with Crippen LogP contribution in [0.2, 0.25) is 0 Å². The predicted molar refractivity (Wildman–Crippen MR) is 90.0 cm³/mol. The first-order chi connectivity index (χ1) is 12.1. The van der Waals surface area contributed by atoms with Crippen molar-refractivity contribution in [3.05, 3.63) is 64.5 Å². The van der Waals surface area contributed by atoms with Gasteiger partial charge in [0, 0.05) is 18.6 Å². The van der Waals surface area contributed by atoms with E-state index in [1.54, 1.807) is 43.6 Å². The van der Waals surface area contributed by atoms with Crippen LogP contribution >= 0.6 is 0 Å². The van der Waals surface area contributed by atoms with Crippen LogP contribution in [-0.4, -0.2) is 37.2 Å². The lowest BCUT2D eigenvalue weighted by atomic mass is 10.2. The maximum Gasteiger partial charge on any atom is 0.343 e. The van der Waals surface area contributed by atoms with Crippen molar-refractivity contribution in [2.24, 2.45) is 0 Å². The van der Waals surface area contributed by atoms with E-state index in [4.69, 9.17) is 4.74 Å². The molecular weight excluding hydrogens is 322 g/mol. The summed E-state index contributed by atoms with van der Waals surface area (Å²) < 4.78 is 7.72. The number of carbonyl (C=O) groups is 1. The summed E-state index contributed by atoms with van der Waals surface area (Å²) in [6.07, 6.45) is 4.69. The van der Waals surface area contributed by atoms with Crippen LogP contribution in [0.25, 0.3) is 22.4 Å². The van der Waals surface area contributed by atoms with Crippen LogP contribution in [0.4, 0.5) is 0 Å². The number of aromatic nitrogens is 5. The lowest BCUT2D eigenvalue weighted by Gasteiger charge is -2.07. The zero-order valence-electron chi connectivity index (χ0n) is 13.5. The summed E-state index contributed by atoms with van der Waals surface area (Å²) in [5.74, 6) is 0.00238. The van der Waals surface area contributed by atoms with Crippen LogP contribution in [0.3, 0.4) is 0 Å². The lowest BCUT2D eigenvalue weighted by Crippen LogP contribution is -2.19. The number of pyridine rings is 2. The molecule has 0 atom stereocenters. The Balaban J connectivity index is 2.03. The van der Waals surface area contributed by atoms with E-state index >= 15 is 0 Å². The third-order valence-electron chi connectivity index (χ3n) is 3.97. The summed E-state index contributed by atoms with van der Waals surface area (Å²) in [7, 11) is 1.30. The number of rotatable bonds is 2. The third kappa shape index (κ3) is 2.18. The fourth-order valence-corrected chi connectivity index (χ4v) is 2.79. The molecule has 0 aliphatic rings. The van der Waals surface area contributed by atoms with Crippen molar-refractivity contribution >= 4 is 22.5 Å². The zero-order chi connectivity index (χ0) is 17.6. The number of nitrogens with zero attached hydrogens (tertiary/aromatic N) is 5. The standard InChI is InChI=1S/C17H13N5O3/c1-10-14(17(24)25-2)15-19-9-11-12(22(15)20-10)6-8-21(16(11)23)13-5-3-4-7-18-13/h3-9H,1-2H3. The van der Waals surface area contributed by atoms with Crippen molar-refractivity contribution in [3.8, 4) is 5.82 Å². The smallest absolute Gasteiger partial charge is 0.343 e. The molecule has 0 amide bonds. The van der Waals surface area contributed by atoms with E-state index in [0.717, 1.165) is 0 Å². The van der Waals surface area contributed by atoms with Crippen LogP contribution in [0.5, 0.6) is 0 Å². The van der Waals surface area contributed by atoms with Crippen molar-refractivity contribution < 1.29 is 9.53 Å². The summed E-state index contributed by atoms with van der Waals surface area (Å²) in [6, 6.07) is 7.07. The van der Waals surface area contributed by atoms with Gasteiger partial charge >= 0.3 is 5.97 Å². The number of esters is 1. The maximum absolute atomic E-state index is 12.8. The highest BCUT2D eigenvalue weighted by molar-refractivity contribution is 5.98. The molecule has 0 saturated carbocycles. The van der Waals surface area contributed by atoms with E-state index in [2.05, 4.69) is 15.1 Å². The van der Waals surface area contributed by atoms with Gasteiger partial charge in [0.05, 0.1) is 23.7 Å². The second kappa shape index (κ2) is 5.52. The molecule has 0 unspecified atom stereocenters. The molecule has 4 heterocycles. The molecule has 0 saturated heterocycles. The van der Waals surface area contributed by atoms with Gasteiger partial charge in [0.2, 0.25) is 0 Å². The van der Waals surface area contributed by atoms with Crippen LogP contribution in [0.1, 0.15) is 16.1 Å². The Morgan fingerprint density at radius 1 is 1.20 bits per heavy atom. The van der Waals surface area contributed by atoms with Gasteiger partial charge in [0.15, 0.2) is 5.65 Å². The van der Waals surface area contributed by atoms with Gasteiger partial charge in [0.1, 0.15) is 11.4 Å². The molecule has 0 aliphatic carbocycles. The Kier molecular flexibility index (Phi) is 3.31. The first-order valence-electron chi connectivity index (χ1n) is 7.51. The Morgan fingerprint density at radius 3 is 2.76 bits per heavy atom. The van der Waals surface area contributed by atoms with E-state index in [-0.39, 0.29) is 5.56 Å². The highest BCUT2D eigenvalue weighted by Crippen LogP contribution is 2.19. The van der Waals surface area contributed by atoms with Crippen LogP contribution in [0.15, 0.2) is 47.7 Å². The predicted octanol–water partition coefficient (Wildman–Crippen LogP) is 1.52. The van der Waals surface area contributed by atoms with Crippen LogP contribution < -0.4 is 5.56 Å². The summed E-state index contributed by atoms with van der Waals surface area (Å²) in [5.41, 5.74) is 1.42. The average molecular weight is 335 g/mol. The van der Waals surface area contributed by atoms with Gasteiger partial charge in [0.25, 0.3) is 5.56 Å². The molecule has 25 heavy (non-hydrogen) atoms. The second-order valence-corrected chi connectivity index (χ2v) is 5.42. The SMILES string of the molecule is COC(=O)c1c(C)nn2c1ncc1c(=O)n(-c3ccccn3)ccc12. The molecule has 4 aromatic heterocycles. The quantitative estimate of drug-likeness (QED) is 0.516. The molecule has 8 heteroatoms. The fraction of sp³-hybridized carbons (Fsp3) is 0.118. The first-order valence-corrected chi connectivity index (χ1v) is 7.51. The monoisotopic (exact) mass is 335 g/mol. The molecule has 124 valence electrons. The normalized spacial score (nSPS) is 11.1. The molecule has 0 aliphatic heterocycles. The summed E-state index contributed by atoms with van der Waals surface area (Å²) in [5, 5.41) is 4.72. The van der Waals surface area contributed by atoms with Gasteiger partial charge in [-0.25, -0.2) is 19.3 Å². The van der Waals surface area contributed by atoms with Crippen molar-refractivity contribution in [3.63, 3.8) is 0 Å². The van der Waals surface area contributed by atoms with Gasteiger partial charge in [-0.05, 0) is 25.1 Å². The van der Waals surface area contributed by atoms with Gasteiger partial charge in [-0.1, -0.05) is 6.07 Å². The molecule has 4 aromatic rings. The molecule has 0 fully saturated rings. The van der Waals surface area contributed by atoms with Crippen molar-refractivity contribution in [2.75, 3.05) is 7.11 Å². The molecular formula is C17H13N5O3.